The molecule has 0 aromatic carbocycles. The number of ether oxygens (including phenoxy) is 1. The number of thiophene rings is 1. The molecule has 0 aliphatic carbocycles. The second kappa shape index (κ2) is 6.62. The molecular formula is C14H24IN3OS. The van der Waals surface area contributed by atoms with Crippen molar-refractivity contribution < 1.29 is 4.74 Å². The first-order chi connectivity index (χ1) is 8.80. The fourth-order valence-electron chi connectivity index (χ4n) is 2.24. The van der Waals surface area contributed by atoms with Crippen molar-refractivity contribution in [3.8, 4) is 0 Å². The second-order valence-corrected chi connectivity index (χ2v) is 7.16. The molecule has 114 valence electrons. The zero-order valence-corrected chi connectivity index (χ0v) is 15.7. The van der Waals surface area contributed by atoms with Crippen molar-refractivity contribution in [1.29, 1.82) is 0 Å². The Bertz CT molecular complexity index is 481. The summed E-state index contributed by atoms with van der Waals surface area (Å²) in [5, 5.41) is 5.29. The number of fused-ring (bicyclic) bond motifs is 1. The Morgan fingerprint density at radius 1 is 1.55 bits per heavy atom. The van der Waals surface area contributed by atoms with Crippen molar-refractivity contribution in [3.05, 3.63) is 21.9 Å². The van der Waals surface area contributed by atoms with E-state index in [1.54, 1.807) is 11.3 Å². The largest absolute Gasteiger partial charge is 0.370 e. The highest BCUT2D eigenvalue weighted by Crippen LogP contribution is 2.36. The Kier molecular flexibility index (Phi) is 5.86. The van der Waals surface area contributed by atoms with E-state index in [1.807, 2.05) is 0 Å². The molecule has 2 rings (SSSR count). The minimum Gasteiger partial charge on any atom is -0.370 e. The summed E-state index contributed by atoms with van der Waals surface area (Å²) in [6.07, 6.45) is 1.00. The minimum absolute atomic E-state index is 0. The number of nitrogens with one attached hydrogen (secondary N) is 1. The van der Waals surface area contributed by atoms with Gasteiger partial charge in [-0.25, -0.2) is 0 Å². The van der Waals surface area contributed by atoms with Crippen LogP contribution in [0.25, 0.3) is 0 Å². The van der Waals surface area contributed by atoms with Crippen molar-refractivity contribution in [2.75, 3.05) is 13.2 Å². The van der Waals surface area contributed by atoms with Crippen LogP contribution in [-0.2, 0) is 16.8 Å². The monoisotopic (exact) mass is 409 g/mol. The smallest absolute Gasteiger partial charge is 0.189 e. The Morgan fingerprint density at radius 3 is 2.90 bits per heavy atom. The second-order valence-electron chi connectivity index (χ2n) is 6.16. The molecule has 6 heteroatoms. The summed E-state index contributed by atoms with van der Waals surface area (Å²) in [5.41, 5.74) is 6.75. The molecule has 20 heavy (non-hydrogen) atoms. The molecule has 1 aliphatic heterocycles. The van der Waals surface area contributed by atoms with E-state index in [1.165, 1.54) is 10.4 Å². The molecule has 0 saturated carbocycles. The van der Waals surface area contributed by atoms with Gasteiger partial charge in [-0.3, -0.25) is 4.99 Å². The average molecular weight is 409 g/mol. The van der Waals surface area contributed by atoms with E-state index in [9.17, 15) is 0 Å². The van der Waals surface area contributed by atoms with E-state index in [2.05, 4.69) is 49.5 Å². The molecule has 0 saturated heterocycles. The van der Waals surface area contributed by atoms with Crippen molar-refractivity contribution in [2.24, 2.45) is 10.7 Å². The third-order valence-electron chi connectivity index (χ3n) is 3.12. The standard InChI is InChI=1S/C14H23N3OS.HI/c1-13(2,3)17-12(15)16-9-14(4)10-6-8-19-11(10)5-7-18-14;/h6,8H,5,7,9H2,1-4H3,(H3,15,16,17);1H. The molecule has 0 spiro atoms. The quantitative estimate of drug-likeness (QED) is 0.449. The van der Waals surface area contributed by atoms with E-state index in [0.29, 0.717) is 12.5 Å². The van der Waals surface area contributed by atoms with Crippen LogP contribution in [0, 0.1) is 0 Å². The van der Waals surface area contributed by atoms with Crippen LogP contribution in [0.4, 0.5) is 0 Å². The van der Waals surface area contributed by atoms with Gasteiger partial charge in [0, 0.05) is 16.8 Å². The van der Waals surface area contributed by atoms with Crippen molar-refractivity contribution in [2.45, 2.75) is 45.3 Å². The van der Waals surface area contributed by atoms with Gasteiger partial charge in [-0.05, 0) is 44.7 Å². The van der Waals surface area contributed by atoms with Gasteiger partial charge in [-0.2, -0.15) is 0 Å². The summed E-state index contributed by atoms with van der Waals surface area (Å²) < 4.78 is 5.95. The zero-order chi connectivity index (χ0) is 14.1. The fraction of sp³-hybridized carbons (Fsp3) is 0.643. The van der Waals surface area contributed by atoms with Gasteiger partial charge in [0.1, 0.15) is 5.60 Å². The van der Waals surface area contributed by atoms with Crippen LogP contribution >= 0.6 is 35.3 Å². The molecule has 1 aromatic rings. The van der Waals surface area contributed by atoms with Gasteiger partial charge in [0.2, 0.25) is 0 Å². The van der Waals surface area contributed by atoms with Crippen LogP contribution in [0.1, 0.15) is 38.1 Å². The lowest BCUT2D eigenvalue weighted by Gasteiger charge is -2.33. The number of nitrogens with two attached hydrogens (primary N) is 1. The van der Waals surface area contributed by atoms with Gasteiger partial charge < -0.3 is 15.8 Å². The van der Waals surface area contributed by atoms with Gasteiger partial charge in [0.15, 0.2) is 5.96 Å². The fourth-order valence-corrected chi connectivity index (χ4v) is 3.22. The maximum atomic E-state index is 5.95. The zero-order valence-electron chi connectivity index (χ0n) is 12.5. The number of aliphatic imine (C=N–C) groups is 1. The number of hydrogen-bond acceptors (Lipinski definition) is 3. The average Bonchev–Trinajstić information content (AvgIpc) is 2.74. The maximum absolute atomic E-state index is 5.95. The highest BCUT2D eigenvalue weighted by Gasteiger charge is 2.34. The summed E-state index contributed by atoms with van der Waals surface area (Å²) in [5.74, 6) is 0.472. The minimum atomic E-state index is -0.349. The predicted octanol–water partition coefficient (Wildman–Crippen LogP) is 2.86. The van der Waals surface area contributed by atoms with Crippen LogP contribution in [0.5, 0.6) is 0 Å². The first kappa shape index (κ1) is 17.7. The van der Waals surface area contributed by atoms with Crippen molar-refractivity contribution >= 4 is 41.3 Å². The van der Waals surface area contributed by atoms with Gasteiger partial charge in [-0.1, -0.05) is 0 Å². The van der Waals surface area contributed by atoms with Gasteiger partial charge in [-0.15, -0.1) is 35.3 Å². The number of nitrogens with zero attached hydrogens (tertiary/aromatic N) is 1. The lowest BCUT2D eigenvalue weighted by Crippen LogP contribution is -2.46. The number of rotatable bonds is 2. The van der Waals surface area contributed by atoms with Crippen LogP contribution in [0.15, 0.2) is 16.4 Å². The van der Waals surface area contributed by atoms with Gasteiger partial charge in [0.25, 0.3) is 0 Å². The number of guanidine groups is 1. The molecule has 1 unspecified atom stereocenters. The molecule has 0 amide bonds. The molecule has 3 N–H and O–H groups in total. The molecule has 0 radical (unpaired) electrons. The summed E-state index contributed by atoms with van der Waals surface area (Å²) in [6, 6.07) is 2.14. The Labute approximate surface area is 142 Å². The predicted molar refractivity (Wildman–Crippen MR) is 96.1 cm³/mol. The topological polar surface area (TPSA) is 59.6 Å². The van der Waals surface area contributed by atoms with Crippen LogP contribution in [0.2, 0.25) is 0 Å². The Morgan fingerprint density at radius 2 is 2.25 bits per heavy atom. The highest BCUT2D eigenvalue weighted by molar-refractivity contribution is 14.0. The summed E-state index contributed by atoms with van der Waals surface area (Å²) in [6.45, 7) is 9.57. The molecule has 0 bridgehead atoms. The molecule has 2 heterocycles. The van der Waals surface area contributed by atoms with E-state index in [4.69, 9.17) is 10.5 Å². The van der Waals surface area contributed by atoms with Crippen molar-refractivity contribution in [3.63, 3.8) is 0 Å². The highest BCUT2D eigenvalue weighted by atomic mass is 127. The molecule has 4 nitrogen and oxygen atoms in total. The van der Waals surface area contributed by atoms with E-state index >= 15 is 0 Å². The Hall–Kier alpha value is -0.340. The van der Waals surface area contributed by atoms with E-state index in [0.717, 1.165) is 13.0 Å². The number of halogens is 1. The third-order valence-corrected chi connectivity index (χ3v) is 4.10. The lowest BCUT2D eigenvalue weighted by molar-refractivity contribution is -0.0375. The normalized spacial score (nSPS) is 22.9. The first-order valence-electron chi connectivity index (χ1n) is 6.59. The summed E-state index contributed by atoms with van der Waals surface area (Å²) in [4.78, 5) is 5.85. The van der Waals surface area contributed by atoms with Gasteiger partial charge in [0.05, 0.1) is 13.2 Å². The van der Waals surface area contributed by atoms with E-state index in [-0.39, 0.29) is 35.1 Å². The molecule has 1 aliphatic rings. The first-order valence-corrected chi connectivity index (χ1v) is 7.47. The maximum Gasteiger partial charge on any atom is 0.189 e. The van der Waals surface area contributed by atoms with Gasteiger partial charge >= 0.3 is 0 Å². The lowest BCUT2D eigenvalue weighted by atomic mass is 9.93. The molecule has 1 aromatic heterocycles. The van der Waals surface area contributed by atoms with E-state index < -0.39 is 0 Å². The molecule has 1 atom stereocenters. The SMILES string of the molecule is CC(C)(C)NC(N)=NCC1(C)OCCc2sccc21.I. The van der Waals surface area contributed by atoms with Crippen LogP contribution < -0.4 is 11.1 Å². The van der Waals surface area contributed by atoms with Crippen molar-refractivity contribution in [1.82, 2.24) is 5.32 Å². The third kappa shape index (κ3) is 4.33. The van der Waals surface area contributed by atoms with Crippen LogP contribution in [-0.4, -0.2) is 24.7 Å². The summed E-state index contributed by atoms with van der Waals surface area (Å²) in [7, 11) is 0. The molecule has 0 fully saturated rings. The Balaban J connectivity index is 0.00000200. The molecular weight excluding hydrogens is 385 g/mol. The summed E-state index contributed by atoms with van der Waals surface area (Å²) >= 11 is 1.80. The van der Waals surface area contributed by atoms with Crippen LogP contribution in [0.3, 0.4) is 0 Å². The number of hydrogen-bond donors (Lipinski definition) is 2.